The van der Waals surface area contributed by atoms with Gasteiger partial charge in [-0.25, -0.2) is 0 Å². The fourth-order valence-corrected chi connectivity index (χ4v) is 4.56. The van der Waals surface area contributed by atoms with Gasteiger partial charge < -0.3 is 15.3 Å². The molecule has 4 nitrogen and oxygen atoms in total. The van der Waals surface area contributed by atoms with Gasteiger partial charge in [0.05, 0.1) is 0 Å². The Morgan fingerprint density at radius 2 is 1.81 bits per heavy atom. The summed E-state index contributed by atoms with van der Waals surface area (Å²) in [6.45, 7) is 4.01. The Balaban J connectivity index is 1.48. The number of hydrogen-bond acceptors (Lipinski definition) is 3. The zero-order chi connectivity index (χ0) is 22.2. The van der Waals surface area contributed by atoms with Gasteiger partial charge in [0.15, 0.2) is 0 Å². The second-order valence-corrected chi connectivity index (χ2v) is 9.14. The first kappa shape index (κ1) is 23.8. The van der Waals surface area contributed by atoms with E-state index < -0.39 is 0 Å². The lowest BCUT2D eigenvalue weighted by atomic mass is 9.81. The van der Waals surface area contributed by atoms with Gasteiger partial charge >= 0.3 is 0 Å². The number of carbonyl (C=O) groups excluding carboxylic acids is 1. The molecule has 0 aromatic heterocycles. The zero-order valence-corrected chi connectivity index (χ0v) is 19.5. The van der Waals surface area contributed by atoms with Crippen molar-refractivity contribution in [3.05, 3.63) is 69.7 Å². The molecule has 2 aromatic rings. The molecule has 1 saturated carbocycles. The van der Waals surface area contributed by atoms with Crippen LogP contribution in [0.4, 0.5) is 0 Å². The summed E-state index contributed by atoms with van der Waals surface area (Å²) in [6.07, 6.45) is 6.16. The van der Waals surface area contributed by atoms with Crippen molar-refractivity contribution in [2.75, 3.05) is 20.2 Å². The van der Waals surface area contributed by atoms with Gasteiger partial charge in [-0.3, -0.25) is 4.79 Å². The van der Waals surface area contributed by atoms with Crippen LogP contribution in [-0.2, 0) is 6.54 Å². The van der Waals surface area contributed by atoms with E-state index in [1.54, 1.807) is 0 Å². The third-order valence-corrected chi connectivity index (χ3v) is 6.94. The van der Waals surface area contributed by atoms with Crippen molar-refractivity contribution in [3.8, 4) is 0 Å². The number of benzene rings is 2. The number of unbranched alkanes of at least 4 members (excludes halogenated alkanes) is 1. The minimum absolute atomic E-state index is 0.0825. The largest absolute Gasteiger partial charge is 0.396 e. The second kappa shape index (κ2) is 11.7. The first-order valence-electron chi connectivity index (χ1n) is 11.4. The summed E-state index contributed by atoms with van der Waals surface area (Å²) in [5.41, 5.74) is 4.36. The zero-order valence-electron chi connectivity index (χ0n) is 18.7. The first-order valence-corrected chi connectivity index (χ1v) is 11.8. The number of rotatable bonds is 9. The molecule has 0 spiro atoms. The molecule has 3 rings (SSSR count). The van der Waals surface area contributed by atoms with Gasteiger partial charge in [-0.1, -0.05) is 35.9 Å². The van der Waals surface area contributed by atoms with Crippen LogP contribution < -0.4 is 5.32 Å². The summed E-state index contributed by atoms with van der Waals surface area (Å²) in [7, 11) is 1.93. The summed E-state index contributed by atoms with van der Waals surface area (Å²) in [5.74, 6) is 0.656. The normalized spacial score (nSPS) is 18.7. The van der Waals surface area contributed by atoms with Crippen molar-refractivity contribution in [2.24, 2.45) is 0 Å². The molecule has 0 atom stereocenters. The lowest BCUT2D eigenvalue weighted by Gasteiger charge is -2.35. The first-order chi connectivity index (χ1) is 15.0. The smallest absolute Gasteiger partial charge is 0.253 e. The summed E-state index contributed by atoms with van der Waals surface area (Å²) in [4.78, 5) is 14.8. The number of aliphatic hydroxyl groups is 1. The van der Waals surface area contributed by atoms with Crippen molar-refractivity contribution in [1.82, 2.24) is 10.2 Å². The maximum atomic E-state index is 12.9. The Hall–Kier alpha value is -1.88. The minimum Gasteiger partial charge on any atom is -0.396 e. The van der Waals surface area contributed by atoms with E-state index in [0.29, 0.717) is 22.5 Å². The number of aryl methyl sites for hydroxylation is 1. The third-order valence-electron chi connectivity index (χ3n) is 6.51. The van der Waals surface area contributed by atoms with Gasteiger partial charge in [-0.2, -0.15) is 0 Å². The van der Waals surface area contributed by atoms with Crippen LogP contribution in [0.25, 0.3) is 0 Å². The molecule has 0 saturated heterocycles. The van der Waals surface area contributed by atoms with Crippen molar-refractivity contribution in [2.45, 2.75) is 64.0 Å². The van der Waals surface area contributed by atoms with Gasteiger partial charge in [0.2, 0.25) is 0 Å². The van der Waals surface area contributed by atoms with E-state index in [4.69, 9.17) is 16.7 Å². The molecular formula is C26H35ClN2O2. The number of carbonyl (C=O) groups is 1. The number of nitrogens with one attached hydrogen (secondary N) is 1. The van der Waals surface area contributed by atoms with Crippen LogP contribution in [0.2, 0.25) is 5.02 Å². The van der Waals surface area contributed by atoms with E-state index in [0.717, 1.165) is 57.2 Å². The number of nitrogens with zero attached hydrogens (tertiary/aromatic N) is 1. The van der Waals surface area contributed by atoms with Gasteiger partial charge in [0, 0.05) is 36.8 Å². The lowest BCUT2D eigenvalue weighted by Crippen LogP contribution is -2.39. The van der Waals surface area contributed by atoms with Crippen LogP contribution in [0.5, 0.6) is 0 Å². The Morgan fingerprint density at radius 1 is 1.10 bits per heavy atom. The van der Waals surface area contributed by atoms with Crippen LogP contribution >= 0.6 is 11.6 Å². The Labute approximate surface area is 191 Å². The highest BCUT2D eigenvalue weighted by atomic mass is 35.5. The molecule has 0 bridgehead atoms. The van der Waals surface area contributed by atoms with Crippen LogP contribution in [0, 0.1) is 6.92 Å². The molecule has 0 radical (unpaired) electrons. The Morgan fingerprint density at radius 3 is 2.45 bits per heavy atom. The molecule has 5 heteroatoms. The minimum atomic E-state index is 0.0825. The predicted octanol–water partition coefficient (Wildman–Crippen LogP) is 5.31. The molecule has 1 fully saturated rings. The van der Waals surface area contributed by atoms with Crippen molar-refractivity contribution >= 4 is 17.5 Å². The molecule has 0 unspecified atom stereocenters. The average Bonchev–Trinajstić information content (AvgIpc) is 2.80. The molecule has 0 aliphatic heterocycles. The standard InChI is InChI=1S/C26H35ClN2O2/c1-19-17-23(11-14-25(19)27)26(31)29(2)24-12-9-22(10-13-24)21-7-5-20(6-8-21)18-28-15-3-4-16-30/h5-8,11,14,17,22,24,28,30H,3-4,9-10,12-13,15-16,18H2,1-2H3. The van der Waals surface area contributed by atoms with Crippen molar-refractivity contribution < 1.29 is 9.90 Å². The summed E-state index contributed by atoms with van der Waals surface area (Å²) < 4.78 is 0. The highest BCUT2D eigenvalue weighted by Crippen LogP contribution is 2.35. The molecule has 0 heterocycles. The number of halogens is 1. The van der Waals surface area contributed by atoms with Crippen LogP contribution in [0.15, 0.2) is 42.5 Å². The Bertz CT molecular complexity index is 845. The summed E-state index contributed by atoms with van der Waals surface area (Å²) in [6, 6.07) is 14.8. The van der Waals surface area contributed by atoms with E-state index in [-0.39, 0.29) is 12.5 Å². The van der Waals surface area contributed by atoms with E-state index in [1.165, 1.54) is 11.1 Å². The molecule has 2 aromatic carbocycles. The summed E-state index contributed by atoms with van der Waals surface area (Å²) >= 11 is 6.10. The fourth-order valence-electron chi connectivity index (χ4n) is 4.45. The van der Waals surface area contributed by atoms with Gasteiger partial charge in [-0.15, -0.1) is 0 Å². The number of aliphatic hydroxyl groups excluding tert-OH is 1. The second-order valence-electron chi connectivity index (χ2n) is 8.73. The van der Waals surface area contributed by atoms with Gasteiger partial charge in [-0.05, 0) is 92.8 Å². The molecule has 31 heavy (non-hydrogen) atoms. The molecule has 1 amide bonds. The summed E-state index contributed by atoms with van der Waals surface area (Å²) in [5, 5.41) is 13.0. The van der Waals surface area contributed by atoms with E-state index in [2.05, 4.69) is 29.6 Å². The molecule has 168 valence electrons. The van der Waals surface area contributed by atoms with E-state index in [9.17, 15) is 4.79 Å². The van der Waals surface area contributed by atoms with E-state index in [1.807, 2.05) is 37.1 Å². The molecule has 1 aliphatic carbocycles. The van der Waals surface area contributed by atoms with E-state index >= 15 is 0 Å². The molecule has 2 N–H and O–H groups in total. The average molecular weight is 443 g/mol. The van der Waals surface area contributed by atoms with Gasteiger partial charge in [0.1, 0.15) is 0 Å². The lowest BCUT2D eigenvalue weighted by molar-refractivity contribution is 0.0689. The number of amides is 1. The monoisotopic (exact) mass is 442 g/mol. The molecule has 1 aliphatic rings. The van der Waals surface area contributed by atoms with Crippen molar-refractivity contribution in [3.63, 3.8) is 0 Å². The topological polar surface area (TPSA) is 52.6 Å². The van der Waals surface area contributed by atoms with Crippen molar-refractivity contribution in [1.29, 1.82) is 0 Å². The van der Waals surface area contributed by atoms with Crippen LogP contribution in [0.1, 0.15) is 71.5 Å². The maximum absolute atomic E-state index is 12.9. The fraction of sp³-hybridized carbons (Fsp3) is 0.500. The third kappa shape index (κ3) is 6.55. The predicted molar refractivity (Wildman–Crippen MR) is 128 cm³/mol. The van der Waals surface area contributed by atoms with Gasteiger partial charge in [0.25, 0.3) is 5.91 Å². The van der Waals surface area contributed by atoms with Crippen LogP contribution in [0.3, 0.4) is 0 Å². The number of hydrogen-bond donors (Lipinski definition) is 2. The maximum Gasteiger partial charge on any atom is 0.253 e. The highest BCUT2D eigenvalue weighted by Gasteiger charge is 2.28. The quantitative estimate of drug-likeness (QED) is 0.517. The SMILES string of the molecule is Cc1cc(C(=O)N(C)C2CCC(c3ccc(CNCCCCO)cc3)CC2)ccc1Cl. The van der Waals surface area contributed by atoms with Crippen LogP contribution in [-0.4, -0.2) is 42.2 Å². The Kier molecular flexibility index (Phi) is 8.94. The highest BCUT2D eigenvalue weighted by molar-refractivity contribution is 6.31. The molecular weight excluding hydrogens is 408 g/mol.